The molecule has 0 spiro atoms. The number of ether oxygens (including phenoxy) is 2. The molecule has 0 unspecified atom stereocenters. The summed E-state index contributed by atoms with van der Waals surface area (Å²) in [5.41, 5.74) is 1.18. The molecule has 1 N–H and O–H groups in total. The first-order chi connectivity index (χ1) is 10.3. The molecule has 0 saturated carbocycles. The fourth-order valence-electron chi connectivity index (χ4n) is 2.27. The maximum Gasteiger partial charge on any atom is 0.165 e. The quantitative estimate of drug-likeness (QED) is 0.574. The smallest absolute Gasteiger partial charge is 0.165 e. The van der Waals surface area contributed by atoms with E-state index in [1.54, 1.807) is 0 Å². The van der Waals surface area contributed by atoms with Gasteiger partial charge in [0.25, 0.3) is 0 Å². The van der Waals surface area contributed by atoms with Gasteiger partial charge in [0.2, 0.25) is 0 Å². The van der Waals surface area contributed by atoms with Gasteiger partial charge in [0, 0.05) is 12.1 Å². The van der Waals surface area contributed by atoms with Gasteiger partial charge in [0.15, 0.2) is 11.5 Å². The van der Waals surface area contributed by atoms with E-state index in [1.165, 1.54) is 31.2 Å². The number of benzene rings is 1. The minimum absolute atomic E-state index is 0.664. The maximum absolute atomic E-state index is 6.03. The van der Waals surface area contributed by atoms with Crippen LogP contribution < -0.4 is 14.8 Å². The van der Waals surface area contributed by atoms with Crippen molar-refractivity contribution in [1.82, 2.24) is 5.32 Å². The van der Waals surface area contributed by atoms with E-state index in [0.29, 0.717) is 6.61 Å². The Morgan fingerprint density at radius 1 is 0.952 bits per heavy atom. The Morgan fingerprint density at radius 3 is 2.48 bits per heavy atom. The van der Waals surface area contributed by atoms with Crippen molar-refractivity contribution < 1.29 is 9.47 Å². The van der Waals surface area contributed by atoms with Crippen molar-refractivity contribution in [2.24, 2.45) is 0 Å². The normalized spacial score (nSPS) is 10.6. The van der Waals surface area contributed by atoms with Crippen LogP contribution in [0, 0.1) is 0 Å². The molecule has 0 aromatic heterocycles. The molecule has 3 heteroatoms. The summed E-state index contributed by atoms with van der Waals surface area (Å²) in [4.78, 5) is 0. The lowest BCUT2D eigenvalue weighted by atomic mass is 10.1. The zero-order valence-electron chi connectivity index (χ0n) is 13.9. The van der Waals surface area contributed by atoms with E-state index in [2.05, 4.69) is 25.2 Å². The average Bonchev–Trinajstić information content (AvgIpc) is 2.50. The summed E-state index contributed by atoms with van der Waals surface area (Å²) < 4.78 is 11.7. The molecule has 21 heavy (non-hydrogen) atoms. The van der Waals surface area contributed by atoms with Gasteiger partial charge in [-0.1, -0.05) is 51.7 Å². The van der Waals surface area contributed by atoms with Crippen LogP contribution in [0.3, 0.4) is 0 Å². The van der Waals surface area contributed by atoms with Crippen LogP contribution in [0.2, 0.25) is 0 Å². The van der Waals surface area contributed by atoms with Crippen molar-refractivity contribution in [1.29, 1.82) is 0 Å². The molecule has 0 aliphatic carbocycles. The van der Waals surface area contributed by atoms with E-state index in [-0.39, 0.29) is 0 Å². The molecule has 1 aromatic carbocycles. The molecular weight excluding hydrogens is 262 g/mol. The summed E-state index contributed by atoms with van der Waals surface area (Å²) in [6, 6.07) is 6.13. The monoisotopic (exact) mass is 293 g/mol. The van der Waals surface area contributed by atoms with E-state index >= 15 is 0 Å². The molecule has 0 radical (unpaired) electrons. The molecule has 0 amide bonds. The largest absolute Gasteiger partial charge is 0.490 e. The van der Waals surface area contributed by atoms with Gasteiger partial charge < -0.3 is 14.8 Å². The van der Waals surface area contributed by atoms with Crippen LogP contribution in [-0.4, -0.2) is 19.8 Å². The summed E-state index contributed by atoms with van der Waals surface area (Å²) in [7, 11) is 0. The number of unbranched alkanes of at least 4 members (excludes halogenated alkanes) is 4. The zero-order valence-corrected chi connectivity index (χ0v) is 13.9. The van der Waals surface area contributed by atoms with E-state index in [1.807, 2.05) is 19.1 Å². The summed E-state index contributed by atoms with van der Waals surface area (Å²) in [6.45, 7) is 9.57. The first-order valence-corrected chi connectivity index (χ1v) is 8.41. The van der Waals surface area contributed by atoms with Gasteiger partial charge >= 0.3 is 0 Å². The Kier molecular flexibility index (Phi) is 9.71. The van der Waals surface area contributed by atoms with Crippen molar-refractivity contribution in [2.75, 3.05) is 19.8 Å². The summed E-state index contributed by atoms with van der Waals surface area (Å²) >= 11 is 0. The van der Waals surface area contributed by atoms with Gasteiger partial charge in [-0.25, -0.2) is 0 Å². The second-order valence-electron chi connectivity index (χ2n) is 5.22. The summed E-state index contributed by atoms with van der Waals surface area (Å²) in [6.07, 6.45) is 6.26. The lowest BCUT2D eigenvalue weighted by Crippen LogP contribution is -2.13. The van der Waals surface area contributed by atoms with Gasteiger partial charge in [0.05, 0.1) is 13.2 Å². The second kappa shape index (κ2) is 11.4. The molecular formula is C18H31NO2. The highest BCUT2D eigenvalue weighted by Gasteiger charge is 2.10. The molecule has 0 atom stereocenters. The molecule has 0 saturated heterocycles. The lowest BCUT2D eigenvalue weighted by molar-refractivity contribution is 0.267. The summed E-state index contributed by atoms with van der Waals surface area (Å²) in [5.74, 6) is 1.78. The van der Waals surface area contributed by atoms with Crippen molar-refractivity contribution >= 4 is 0 Å². The molecule has 0 heterocycles. The predicted octanol–water partition coefficient (Wildman–Crippen LogP) is 4.54. The first-order valence-electron chi connectivity index (χ1n) is 8.41. The predicted molar refractivity (Wildman–Crippen MR) is 89.2 cm³/mol. The highest BCUT2D eigenvalue weighted by molar-refractivity contribution is 5.46. The van der Waals surface area contributed by atoms with Crippen LogP contribution in [0.15, 0.2) is 18.2 Å². The minimum Gasteiger partial charge on any atom is -0.490 e. The van der Waals surface area contributed by atoms with E-state index < -0.39 is 0 Å². The van der Waals surface area contributed by atoms with E-state index in [0.717, 1.165) is 37.6 Å². The molecule has 0 fully saturated rings. The fraction of sp³-hybridized carbons (Fsp3) is 0.667. The van der Waals surface area contributed by atoms with Crippen LogP contribution in [0.5, 0.6) is 11.5 Å². The van der Waals surface area contributed by atoms with E-state index in [9.17, 15) is 0 Å². The molecule has 0 bridgehead atoms. The fourth-order valence-corrected chi connectivity index (χ4v) is 2.27. The molecule has 0 aliphatic heterocycles. The number of rotatable bonds is 12. The van der Waals surface area contributed by atoms with Crippen molar-refractivity contribution in [3.8, 4) is 11.5 Å². The molecule has 3 nitrogen and oxygen atoms in total. The van der Waals surface area contributed by atoms with Crippen LogP contribution in [-0.2, 0) is 6.54 Å². The van der Waals surface area contributed by atoms with Crippen molar-refractivity contribution in [2.45, 2.75) is 59.4 Å². The number of nitrogens with one attached hydrogen (secondary N) is 1. The van der Waals surface area contributed by atoms with Gasteiger partial charge in [0.1, 0.15) is 0 Å². The van der Waals surface area contributed by atoms with Crippen LogP contribution in [0.25, 0.3) is 0 Å². The summed E-state index contributed by atoms with van der Waals surface area (Å²) in [5, 5.41) is 3.36. The average molecular weight is 293 g/mol. The molecule has 1 rings (SSSR count). The minimum atomic E-state index is 0.664. The highest BCUT2D eigenvalue weighted by Crippen LogP contribution is 2.31. The van der Waals surface area contributed by atoms with Gasteiger partial charge in [-0.3, -0.25) is 0 Å². The van der Waals surface area contributed by atoms with Crippen molar-refractivity contribution in [3.05, 3.63) is 23.8 Å². The Hall–Kier alpha value is -1.22. The zero-order chi connectivity index (χ0) is 15.3. The Labute approximate surface area is 130 Å². The SMILES string of the molecule is CCCCCCCOc1c(CNCC)cccc1OCC. The first kappa shape index (κ1) is 17.8. The van der Waals surface area contributed by atoms with Gasteiger partial charge in [-0.2, -0.15) is 0 Å². The Bertz CT molecular complexity index is 379. The Morgan fingerprint density at radius 2 is 1.76 bits per heavy atom. The molecule has 0 aliphatic rings. The standard InChI is InChI=1S/C18H31NO2/c1-4-7-8-9-10-14-21-18-16(15-19-5-2)12-11-13-17(18)20-6-3/h11-13,19H,4-10,14-15H2,1-3H3. The number of hydrogen-bond acceptors (Lipinski definition) is 3. The van der Waals surface area contributed by atoms with Crippen LogP contribution in [0.4, 0.5) is 0 Å². The third kappa shape index (κ3) is 6.85. The van der Waals surface area contributed by atoms with E-state index in [4.69, 9.17) is 9.47 Å². The van der Waals surface area contributed by atoms with Crippen LogP contribution >= 0.6 is 0 Å². The third-order valence-electron chi connectivity index (χ3n) is 3.42. The van der Waals surface area contributed by atoms with Crippen molar-refractivity contribution in [3.63, 3.8) is 0 Å². The topological polar surface area (TPSA) is 30.5 Å². The third-order valence-corrected chi connectivity index (χ3v) is 3.42. The van der Waals surface area contributed by atoms with Gasteiger partial charge in [-0.15, -0.1) is 0 Å². The second-order valence-corrected chi connectivity index (χ2v) is 5.22. The highest BCUT2D eigenvalue weighted by atomic mass is 16.5. The Balaban J connectivity index is 2.58. The van der Waals surface area contributed by atoms with Gasteiger partial charge in [-0.05, 0) is 26.0 Å². The molecule has 120 valence electrons. The maximum atomic E-state index is 6.03. The number of para-hydroxylation sites is 1. The molecule has 1 aromatic rings. The number of hydrogen-bond donors (Lipinski definition) is 1. The van der Waals surface area contributed by atoms with Crippen LogP contribution in [0.1, 0.15) is 58.4 Å². The lowest BCUT2D eigenvalue weighted by Gasteiger charge is -2.16.